The highest BCUT2D eigenvalue weighted by molar-refractivity contribution is 7.58. The Kier molecular flexibility index (Phi) is 7.32. The normalized spacial score (nSPS) is 16.3. The fourth-order valence-electron chi connectivity index (χ4n) is 2.12. The molecule has 0 spiro atoms. The van der Waals surface area contributed by atoms with Gasteiger partial charge in [0.2, 0.25) is 7.37 Å². The first-order valence-corrected chi connectivity index (χ1v) is 8.94. The van der Waals surface area contributed by atoms with Crippen LogP contribution in [0.25, 0.3) is 0 Å². The molecule has 0 saturated carbocycles. The maximum Gasteiger partial charge on any atom is 0.310 e. The average Bonchev–Trinajstić information content (AvgIpc) is 2.47. The van der Waals surface area contributed by atoms with Crippen molar-refractivity contribution < 1.29 is 33.7 Å². The van der Waals surface area contributed by atoms with Gasteiger partial charge in [-0.3, -0.25) is 19.1 Å². The standard InChI is InChI=1S/C14H19FNO6P/c15-13(11(14(19)20)5-6-12(17)18)23(21,22)8-2-4-10-3-1-7-16-9-10/h1,3,7,9,11,13H,2,4-6,8H2,(H,17,18)(H,19,20)(H,21,22). The minimum absolute atomic E-state index is 0.200. The zero-order valence-electron chi connectivity index (χ0n) is 12.3. The van der Waals surface area contributed by atoms with Crippen LogP contribution in [0.4, 0.5) is 4.39 Å². The monoisotopic (exact) mass is 347 g/mol. The van der Waals surface area contributed by atoms with Gasteiger partial charge < -0.3 is 15.1 Å². The summed E-state index contributed by atoms with van der Waals surface area (Å²) >= 11 is 0. The number of pyridine rings is 1. The van der Waals surface area contributed by atoms with E-state index in [0.29, 0.717) is 6.42 Å². The van der Waals surface area contributed by atoms with Gasteiger partial charge in [-0.05, 0) is 30.9 Å². The summed E-state index contributed by atoms with van der Waals surface area (Å²) in [5, 5.41) is 17.5. The van der Waals surface area contributed by atoms with Crippen LogP contribution in [0.3, 0.4) is 0 Å². The van der Waals surface area contributed by atoms with Crippen LogP contribution in [0.5, 0.6) is 0 Å². The summed E-state index contributed by atoms with van der Waals surface area (Å²) in [5.74, 6) is -7.18. The summed E-state index contributed by atoms with van der Waals surface area (Å²) in [5.41, 5.74) is 0.823. The summed E-state index contributed by atoms with van der Waals surface area (Å²) in [6, 6.07) is 3.48. The number of alkyl halides is 1. The Balaban J connectivity index is 2.62. The van der Waals surface area contributed by atoms with Gasteiger partial charge in [-0.25, -0.2) is 4.39 Å². The van der Waals surface area contributed by atoms with E-state index in [1.807, 2.05) is 0 Å². The van der Waals surface area contributed by atoms with E-state index in [2.05, 4.69) is 4.98 Å². The Labute approximate surface area is 132 Å². The van der Waals surface area contributed by atoms with Crippen molar-refractivity contribution in [3.8, 4) is 0 Å². The number of rotatable bonds is 10. The molecule has 0 aromatic carbocycles. The molecule has 1 aromatic heterocycles. The summed E-state index contributed by atoms with van der Waals surface area (Å²) in [6.45, 7) is 0. The van der Waals surface area contributed by atoms with E-state index in [4.69, 9.17) is 10.2 Å². The van der Waals surface area contributed by atoms with Crippen LogP contribution in [0.1, 0.15) is 24.8 Å². The van der Waals surface area contributed by atoms with Crippen molar-refractivity contribution in [3.63, 3.8) is 0 Å². The summed E-state index contributed by atoms with van der Waals surface area (Å²) in [4.78, 5) is 35.2. The number of carboxylic acid groups (broad SMARTS) is 2. The highest BCUT2D eigenvalue weighted by atomic mass is 31.2. The van der Waals surface area contributed by atoms with Crippen molar-refractivity contribution in [1.82, 2.24) is 4.98 Å². The highest BCUT2D eigenvalue weighted by Gasteiger charge is 2.41. The third-order valence-electron chi connectivity index (χ3n) is 3.37. The zero-order chi connectivity index (χ0) is 17.5. The molecule has 1 rings (SSSR count). The van der Waals surface area contributed by atoms with Crippen molar-refractivity contribution in [3.05, 3.63) is 30.1 Å². The molecule has 0 aliphatic rings. The molecule has 1 heterocycles. The molecule has 0 aliphatic carbocycles. The van der Waals surface area contributed by atoms with Crippen molar-refractivity contribution in [2.75, 3.05) is 6.16 Å². The van der Waals surface area contributed by atoms with Crippen LogP contribution in [0.15, 0.2) is 24.5 Å². The number of hydrogen-bond donors (Lipinski definition) is 3. The molecule has 3 atom stereocenters. The molecular weight excluding hydrogens is 328 g/mol. The first-order chi connectivity index (χ1) is 10.7. The van der Waals surface area contributed by atoms with Gasteiger partial charge in [-0.1, -0.05) is 6.07 Å². The Morgan fingerprint density at radius 2 is 2.04 bits per heavy atom. The number of aromatic nitrogens is 1. The van der Waals surface area contributed by atoms with Gasteiger partial charge in [0, 0.05) is 25.0 Å². The molecule has 3 unspecified atom stereocenters. The van der Waals surface area contributed by atoms with Crippen LogP contribution < -0.4 is 0 Å². The summed E-state index contributed by atoms with van der Waals surface area (Å²) in [6.07, 6.45) is 2.30. The first kappa shape index (κ1) is 19.3. The van der Waals surface area contributed by atoms with Gasteiger partial charge in [0.05, 0.1) is 5.92 Å². The van der Waals surface area contributed by atoms with Gasteiger partial charge >= 0.3 is 11.9 Å². The quantitative estimate of drug-likeness (QED) is 0.554. The summed E-state index contributed by atoms with van der Waals surface area (Å²) in [7, 11) is -4.35. The topological polar surface area (TPSA) is 125 Å². The minimum atomic E-state index is -4.35. The van der Waals surface area contributed by atoms with Crippen LogP contribution in [-0.2, 0) is 20.6 Å². The van der Waals surface area contributed by atoms with E-state index in [1.165, 1.54) is 0 Å². The van der Waals surface area contributed by atoms with Crippen molar-refractivity contribution in [2.24, 2.45) is 5.92 Å². The van der Waals surface area contributed by atoms with E-state index >= 15 is 0 Å². The van der Waals surface area contributed by atoms with E-state index in [1.54, 1.807) is 24.5 Å². The number of aryl methyl sites for hydroxylation is 1. The Morgan fingerprint density at radius 3 is 2.57 bits per heavy atom. The molecule has 0 bridgehead atoms. The first-order valence-electron chi connectivity index (χ1n) is 7.03. The molecule has 0 saturated heterocycles. The lowest BCUT2D eigenvalue weighted by Gasteiger charge is -2.21. The second kappa shape index (κ2) is 8.74. The lowest BCUT2D eigenvalue weighted by molar-refractivity contribution is -0.144. The van der Waals surface area contributed by atoms with Gasteiger partial charge in [0.1, 0.15) is 0 Å². The Bertz CT molecular complexity index is 582. The van der Waals surface area contributed by atoms with Crippen LogP contribution in [0.2, 0.25) is 0 Å². The number of carboxylic acids is 2. The van der Waals surface area contributed by atoms with Crippen molar-refractivity contribution in [2.45, 2.75) is 31.6 Å². The van der Waals surface area contributed by atoms with E-state index in [9.17, 15) is 23.4 Å². The van der Waals surface area contributed by atoms with E-state index in [-0.39, 0.29) is 12.6 Å². The lowest BCUT2D eigenvalue weighted by atomic mass is 10.1. The summed E-state index contributed by atoms with van der Waals surface area (Å²) < 4.78 is 26.2. The molecule has 0 radical (unpaired) electrons. The molecule has 0 aliphatic heterocycles. The molecule has 0 amide bonds. The predicted molar refractivity (Wildman–Crippen MR) is 80.1 cm³/mol. The van der Waals surface area contributed by atoms with E-state index in [0.717, 1.165) is 5.56 Å². The van der Waals surface area contributed by atoms with Gasteiger partial charge in [0.25, 0.3) is 0 Å². The highest BCUT2D eigenvalue weighted by Crippen LogP contribution is 2.51. The van der Waals surface area contributed by atoms with Crippen LogP contribution >= 0.6 is 7.37 Å². The second-order valence-corrected chi connectivity index (χ2v) is 7.65. The lowest BCUT2D eigenvalue weighted by Crippen LogP contribution is -2.26. The molecule has 23 heavy (non-hydrogen) atoms. The van der Waals surface area contributed by atoms with Gasteiger partial charge in [0.15, 0.2) is 5.91 Å². The van der Waals surface area contributed by atoms with Crippen LogP contribution in [-0.4, -0.2) is 44.1 Å². The molecule has 3 N–H and O–H groups in total. The predicted octanol–water partition coefficient (Wildman–Crippen LogP) is 2.15. The smallest absolute Gasteiger partial charge is 0.310 e. The van der Waals surface area contributed by atoms with Gasteiger partial charge in [-0.15, -0.1) is 0 Å². The largest absolute Gasteiger partial charge is 0.481 e. The third kappa shape index (κ3) is 6.46. The number of hydrogen-bond acceptors (Lipinski definition) is 4. The maximum absolute atomic E-state index is 14.2. The number of halogens is 1. The SMILES string of the molecule is O=C(O)CCC(C(=O)O)C(F)P(=O)(O)CCCc1cccnc1. The van der Waals surface area contributed by atoms with E-state index < -0.39 is 44.0 Å². The fraction of sp³-hybridized carbons (Fsp3) is 0.500. The Morgan fingerprint density at radius 1 is 1.35 bits per heavy atom. The maximum atomic E-state index is 14.2. The second-order valence-electron chi connectivity index (χ2n) is 5.19. The molecule has 128 valence electrons. The zero-order valence-corrected chi connectivity index (χ0v) is 13.2. The minimum Gasteiger partial charge on any atom is -0.481 e. The molecule has 0 fully saturated rings. The van der Waals surface area contributed by atoms with Crippen LogP contribution in [0, 0.1) is 5.92 Å². The third-order valence-corrected chi connectivity index (χ3v) is 5.46. The van der Waals surface area contributed by atoms with Crippen molar-refractivity contribution >= 4 is 19.3 Å². The number of aliphatic carboxylic acids is 2. The molecular formula is C14H19FNO6P. The fourth-order valence-corrected chi connectivity index (χ4v) is 3.81. The molecule has 1 aromatic rings. The van der Waals surface area contributed by atoms with Crippen molar-refractivity contribution in [1.29, 1.82) is 0 Å². The number of carbonyl (C=O) groups is 2. The molecule has 9 heteroatoms. The average molecular weight is 347 g/mol. The molecule has 7 nitrogen and oxygen atoms in total. The number of nitrogens with zero attached hydrogens (tertiary/aromatic N) is 1. The Hall–Kier alpha value is -1.79. The van der Waals surface area contributed by atoms with Gasteiger partial charge in [-0.2, -0.15) is 0 Å².